The summed E-state index contributed by atoms with van der Waals surface area (Å²) in [5.74, 6) is 1.47. The van der Waals surface area contributed by atoms with Crippen molar-refractivity contribution in [1.29, 1.82) is 0 Å². The van der Waals surface area contributed by atoms with Crippen LogP contribution in [0.25, 0.3) is 0 Å². The first-order valence-electron chi connectivity index (χ1n) is 11.7. The molecule has 0 aliphatic rings. The zero-order valence-electron chi connectivity index (χ0n) is 18.8. The van der Waals surface area contributed by atoms with Crippen molar-refractivity contribution in [3.05, 3.63) is 59.7 Å². The summed E-state index contributed by atoms with van der Waals surface area (Å²) in [6, 6.07) is 16.0. The lowest BCUT2D eigenvalue weighted by Gasteiger charge is -2.17. The molecular weight excluding hydrogens is 391 g/mol. The Morgan fingerprint density at radius 2 is 1.00 bits per heavy atom. The molecule has 0 saturated heterocycles. The minimum absolute atomic E-state index is 0.735. The molecule has 2 aromatic carbocycles. The number of unbranched alkanes of at least 4 members (excludes halogenated alkanes) is 8. The molecule has 166 valence electrons. The Morgan fingerprint density at radius 3 is 1.43 bits per heavy atom. The van der Waals surface area contributed by atoms with Crippen molar-refractivity contribution < 1.29 is 13.9 Å². The highest BCUT2D eigenvalue weighted by Gasteiger charge is 2.16. The normalized spacial score (nSPS) is 11.1. The highest BCUT2D eigenvalue weighted by molar-refractivity contribution is 7.41. The summed E-state index contributed by atoms with van der Waals surface area (Å²) >= 11 is 0. The van der Waals surface area contributed by atoms with Gasteiger partial charge < -0.3 is 13.9 Å². The maximum Gasteiger partial charge on any atom is 0.460 e. The molecule has 0 aliphatic heterocycles. The van der Waals surface area contributed by atoms with Gasteiger partial charge in [-0.2, -0.15) is 0 Å². The van der Waals surface area contributed by atoms with Gasteiger partial charge in [-0.15, -0.1) is 0 Å². The van der Waals surface area contributed by atoms with Gasteiger partial charge in [0.1, 0.15) is 11.5 Å². The van der Waals surface area contributed by atoms with Crippen LogP contribution in [0, 0.1) is 0 Å². The maximum atomic E-state index is 10.5. The molecular formula is C26H39O3P. The van der Waals surface area contributed by atoms with Gasteiger partial charge in [0.2, 0.25) is 0 Å². The van der Waals surface area contributed by atoms with Crippen molar-refractivity contribution in [2.45, 2.75) is 90.9 Å². The van der Waals surface area contributed by atoms with Crippen LogP contribution in [-0.2, 0) is 12.8 Å². The molecule has 0 saturated carbocycles. The molecule has 0 aliphatic carbocycles. The standard InChI is InChI=1S/C26H39O3P/c1-3-5-7-9-11-17-23-19-13-15-21-25(23)28-30(27)29-26-22-16-14-20-24(26)18-12-10-8-6-4-2/h13-16,19-22,27H,3-12,17-18H2,1-2H3. The molecule has 0 atom stereocenters. The van der Waals surface area contributed by atoms with Crippen LogP contribution in [0.3, 0.4) is 0 Å². The maximum absolute atomic E-state index is 10.5. The number of rotatable bonds is 16. The van der Waals surface area contributed by atoms with E-state index in [2.05, 4.69) is 26.0 Å². The van der Waals surface area contributed by atoms with Gasteiger partial charge in [-0.3, -0.25) is 0 Å². The summed E-state index contributed by atoms with van der Waals surface area (Å²) in [4.78, 5) is 10.5. The first-order valence-corrected chi connectivity index (χ1v) is 12.9. The third kappa shape index (κ3) is 9.49. The quantitative estimate of drug-likeness (QED) is 0.215. The Labute approximate surface area is 184 Å². The van der Waals surface area contributed by atoms with Crippen LogP contribution in [0.15, 0.2) is 48.5 Å². The van der Waals surface area contributed by atoms with Gasteiger partial charge in [-0.1, -0.05) is 102 Å². The zero-order chi connectivity index (χ0) is 21.4. The molecule has 30 heavy (non-hydrogen) atoms. The van der Waals surface area contributed by atoms with E-state index in [1.54, 1.807) is 0 Å². The van der Waals surface area contributed by atoms with Crippen molar-refractivity contribution in [3.63, 3.8) is 0 Å². The monoisotopic (exact) mass is 430 g/mol. The van der Waals surface area contributed by atoms with Gasteiger partial charge in [0.05, 0.1) is 0 Å². The summed E-state index contributed by atoms with van der Waals surface area (Å²) < 4.78 is 11.7. The van der Waals surface area contributed by atoms with E-state index in [0.717, 1.165) is 48.3 Å². The minimum Gasteiger partial charge on any atom is -0.418 e. The van der Waals surface area contributed by atoms with Crippen LogP contribution in [0.4, 0.5) is 0 Å². The van der Waals surface area contributed by atoms with E-state index < -0.39 is 8.60 Å². The van der Waals surface area contributed by atoms with E-state index in [1.807, 2.05) is 36.4 Å². The Balaban J connectivity index is 1.88. The Hall–Kier alpha value is -1.57. The molecule has 0 bridgehead atoms. The fourth-order valence-electron chi connectivity index (χ4n) is 3.62. The molecule has 0 spiro atoms. The largest absolute Gasteiger partial charge is 0.460 e. The predicted octanol–water partition coefficient (Wildman–Crippen LogP) is 8.39. The van der Waals surface area contributed by atoms with E-state index in [9.17, 15) is 4.89 Å². The van der Waals surface area contributed by atoms with E-state index in [1.165, 1.54) is 51.4 Å². The topological polar surface area (TPSA) is 38.7 Å². The lowest BCUT2D eigenvalue weighted by atomic mass is 10.0. The number of aryl methyl sites for hydroxylation is 2. The van der Waals surface area contributed by atoms with Gasteiger partial charge in [-0.05, 0) is 48.9 Å². The Bertz CT molecular complexity index is 645. The first kappa shape index (κ1) is 24.7. The number of hydrogen-bond acceptors (Lipinski definition) is 3. The molecule has 0 unspecified atom stereocenters. The summed E-state index contributed by atoms with van der Waals surface area (Å²) in [5.41, 5.74) is 2.28. The van der Waals surface area contributed by atoms with Gasteiger partial charge in [0, 0.05) is 0 Å². The summed E-state index contributed by atoms with van der Waals surface area (Å²) in [6.07, 6.45) is 14.4. The number of para-hydroxylation sites is 2. The predicted molar refractivity (Wildman–Crippen MR) is 128 cm³/mol. The highest BCUT2D eigenvalue weighted by Crippen LogP contribution is 2.39. The Kier molecular flexibility index (Phi) is 12.6. The van der Waals surface area contributed by atoms with Crippen molar-refractivity contribution in [2.75, 3.05) is 0 Å². The molecule has 0 radical (unpaired) electrons. The summed E-state index contributed by atoms with van der Waals surface area (Å²) in [7, 11) is -2.01. The smallest absolute Gasteiger partial charge is 0.418 e. The third-order valence-electron chi connectivity index (χ3n) is 5.40. The van der Waals surface area contributed by atoms with Crippen LogP contribution >= 0.6 is 8.60 Å². The highest BCUT2D eigenvalue weighted by atomic mass is 31.2. The van der Waals surface area contributed by atoms with Crippen molar-refractivity contribution >= 4 is 8.60 Å². The molecule has 3 nitrogen and oxygen atoms in total. The van der Waals surface area contributed by atoms with Crippen LogP contribution in [0.1, 0.15) is 89.2 Å². The number of benzene rings is 2. The van der Waals surface area contributed by atoms with Crippen molar-refractivity contribution in [2.24, 2.45) is 0 Å². The first-order chi connectivity index (χ1) is 14.7. The van der Waals surface area contributed by atoms with Gasteiger partial charge in [0.25, 0.3) is 0 Å². The molecule has 4 heteroatoms. The second-order valence-electron chi connectivity index (χ2n) is 7.96. The van der Waals surface area contributed by atoms with Crippen LogP contribution in [-0.4, -0.2) is 4.89 Å². The SMILES string of the molecule is CCCCCCCc1ccccc1OP(O)Oc1ccccc1CCCCCCC. The van der Waals surface area contributed by atoms with Gasteiger partial charge in [0.15, 0.2) is 0 Å². The lowest BCUT2D eigenvalue weighted by Crippen LogP contribution is -2.00. The van der Waals surface area contributed by atoms with Crippen LogP contribution in [0.2, 0.25) is 0 Å². The molecule has 0 heterocycles. The zero-order valence-corrected chi connectivity index (χ0v) is 19.7. The van der Waals surface area contributed by atoms with Gasteiger partial charge >= 0.3 is 8.60 Å². The molecule has 2 aromatic rings. The van der Waals surface area contributed by atoms with Crippen LogP contribution in [0.5, 0.6) is 11.5 Å². The molecule has 0 fully saturated rings. The molecule has 1 N–H and O–H groups in total. The molecule has 0 aromatic heterocycles. The summed E-state index contributed by atoms with van der Waals surface area (Å²) in [5, 5.41) is 0. The van der Waals surface area contributed by atoms with E-state index in [4.69, 9.17) is 9.05 Å². The second-order valence-corrected chi connectivity index (χ2v) is 8.81. The van der Waals surface area contributed by atoms with E-state index in [0.29, 0.717) is 0 Å². The second kappa shape index (κ2) is 15.3. The Morgan fingerprint density at radius 1 is 0.600 bits per heavy atom. The molecule has 2 rings (SSSR count). The minimum atomic E-state index is -2.01. The lowest BCUT2D eigenvalue weighted by molar-refractivity contribution is 0.377. The average molecular weight is 431 g/mol. The van der Waals surface area contributed by atoms with E-state index in [-0.39, 0.29) is 0 Å². The van der Waals surface area contributed by atoms with Gasteiger partial charge in [-0.25, -0.2) is 0 Å². The number of hydrogen-bond donors (Lipinski definition) is 1. The van der Waals surface area contributed by atoms with Crippen molar-refractivity contribution in [3.8, 4) is 11.5 Å². The fourth-order valence-corrected chi connectivity index (χ4v) is 4.35. The summed E-state index contributed by atoms with van der Waals surface area (Å²) in [6.45, 7) is 4.47. The third-order valence-corrected chi connectivity index (χ3v) is 6.10. The average Bonchev–Trinajstić information content (AvgIpc) is 2.75. The molecule has 0 amide bonds. The van der Waals surface area contributed by atoms with Crippen LogP contribution < -0.4 is 9.05 Å². The van der Waals surface area contributed by atoms with Crippen molar-refractivity contribution in [1.82, 2.24) is 0 Å². The fraction of sp³-hybridized carbons (Fsp3) is 0.538. The van der Waals surface area contributed by atoms with E-state index >= 15 is 0 Å².